The fraction of sp³-hybridized carbons (Fsp3) is 0.828. The standard InChI is InChI=1S/C29H49N2O14PS/c1-17(14-37-6)13-22(23(38-7)16-42-46(47)39-8)31-25(36)11-9-10-12-40-29-26(30-18(2)32)28(44-21(5)35)27(43-20(4)34)24(45-29)15-41-19(3)33/h17,22-24,26-29H,9-16H2,1-8H3,(H-,30,31,32,36)/p+1/t17-,22?,23+,24-,26-,27+,28-,29-/m1/s1. The number of carbonyl (C=O) groups excluding carboxylic acids is 5. The molecule has 2 unspecified atom stereocenters. The zero-order valence-electron chi connectivity index (χ0n) is 28.3. The molecule has 0 saturated carbocycles. The fourth-order valence-corrected chi connectivity index (χ4v) is 5.48. The molecular formula is C29H50N2O14PS+. The minimum absolute atomic E-state index is 0.0849. The molecular weight excluding hydrogens is 663 g/mol. The van der Waals surface area contributed by atoms with Gasteiger partial charge in [-0.25, -0.2) is 0 Å². The summed E-state index contributed by atoms with van der Waals surface area (Å²) in [7, 11) is 3.11. The molecule has 1 saturated heterocycles. The Labute approximate surface area is 282 Å². The summed E-state index contributed by atoms with van der Waals surface area (Å²) in [6, 6.07) is -1.45. The van der Waals surface area contributed by atoms with Gasteiger partial charge in [-0.2, -0.15) is 0 Å². The van der Waals surface area contributed by atoms with Gasteiger partial charge in [0.15, 0.2) is 18.5 Å². The second kappa shape index (κ2) is 23.1. The van der Waals surface area contributed by atoms with E-state index < -0.39 is 67.7 Å². The van der Waals surface area contributed by atoms with E-state index in [1.807, 2.05) is 6.92 Å². The highest BCUT2D eigenvalue weighted by Crippen LogP contribution is 2.28. The minimum atomic E-state index is -1.49. The molecule has 1 heterocycles. The van der Waals surface area contributed by atoms with E-state index in [1.165, 1.54) is 28.1 Å². The summed E-state index contributed by atoms with van der Waals surface area (Å²) in [6.07, 6.45) is -3.59. The fourth-order valence-electron chi connectivity index (χ4n) is 4.92. The average molecular weight is 714 g/mol. The summed E-state index contributed by atoms with van der Waals surface area (Å²) >= 11 is 5.10. The van der Waals surface area contributed by atoms with E-state index >= 15 is 0 Å². The molecule has 0 spiro atoms. The zero-order valence-corrected chi connectivity index (χ0v) is 30.1. The summed E-state index contributed by atoms with van der Waals surface area (Å²) < 4.78 is 49.3. The number of ether oxygens (including phenoxy) is 7. The van der Waals surface area contributed by atoms with Crippen LogP contribution in [-0.4, -0.2) is 120 Å². The Morgan fingerprint density at radius 1 is 0.915 bits per heavy atom. The average Bonchev–Trinajstić information content (AvgIpc) is 2.98. The van der Waals surface area contributed by atoms with Crippen LogP contribution < -0.4 is 10.6 Å². The van der Waals surface area contributed by atoms with Gasteiger partial charge in [0.1, 0.15) is 31.5 Å². The van der Waals surface area contributed by atoms with Crippen LogP contribution >= 0.6 is 7.15 Å². The molecule has 0 bridgehead atoms. The first-order valence-electron chi connectivity index (χ1n) is 15.2. The molecule has 1 fully saturated rings. The summed E-state index contributed by atoms with van der Waals surface area (Å²) in [4.78, 5) is 60.5. The number of esters is 3. The molecule has 9 atom stereocenters. The molecule has 270 valence electrons. The summed E-state index contributed by atoms with van der Waals surface area (Å²) in [5, 5.41) is 5.67. The van der Waals surface area contributed by atoms with Crippen LogP contribution in [-0.2, 0) is 78.0 Å². The van der Waals surface area contributed by atoms with Gasteiger partial charge in [0.05, 0.1) is 13.2 Å². The van der Waals surface area contributed by atoms with Crippen LogP contribution in [0.5, 0.6) is 0 Å². The first kappa shape index (κ1) is 42.7. The van der Waals surface area contributed by atoms with Crippen molar-refractivity contribution in [2.24, 2.45) is 5.92 Å². The van der Waals surface area contributed by atoms with Crippen molar-refractivity contribution in [3.05, 3.63) is 0 Å². The number of amides is 2. The van der Waals surface area contributed by atoms with Gasteiger partial charge in [-0.05, 0) is 25.2 Å². The molecule has 2 N–H and O–H groups in total. The van der Waals surface area contributed by atoms with Crippen LogP contribution in [0.25, 0.3) is 0 Å². The molecule has 16 nitrogen and oxygen atoms in total. The first-order chi connectivity index (χ1) is 22.2. The van der Waals surface area contributed by atoms with Crippen molar-refractivity contribution in [1.82, 2.24) is 10.6 Å². The normalized spacial score (nSPS) is 23.1. The molecule has 0 aromatic carbocycles. The number of nitrogens with one attached hydrogen (secondary N) is 2. The van der Waals surface area contributed by atoms with E-state index in [2.05, 4.69) is 10.6 Å². The molecule has 0 aliphatic carbocycles. The van der Waals surface area contributed by atoms with Crippen LogP contribution in [0.3, 0.4) is 0 Å². The van der Waals surface area contributed by atoms with E-state index in [0.29, 0.717) is 25.9 Å². The Morgan fingerprint density at radius 2 is 1.57 bits per heavy atom. The number of methoxy groups -OCH3 is 2. The van der Waals surface area contributed by atoms with Crippen molar-refractivity contribution in [3.63, 3.8) is 0 Å². The third-order valence-electron chi connectivity index (χ3n) is 6.85. The number of unbranched alkanes of at least 4 members (excludes halogenated alkanes) is 1. The van der Waals surface area contributed by atoms with Gasteiger partial charge in [-0.15, -0.1) is 9.05 Å². The van der Waals surface area contributed by atoms with Gasteiger partial charge in [0.25, 0.3) is 0 Å². The molecule has 1 aliphatic heterocycles. The van der Waals surface area contributed by atoms with Crippen LogP contribution in [0.2, 0.25) is 0 Å². The van der Waals surface area contributed by atoms with Crippen LogP contribution in [0, 0.1) is 5.92 Å². The van der Waals surface area contributed by atoms with E-state index in [4.69, 9.17) is 54.0 Å². The Kier molecular flexibility index (Phi) is 20.9. The highest BCUT2D eigenvalue weighted by Gasteiger charge is 2.51. The molecule has 1 rings (SSSR count). The van der Waals surface area contributed by atoms with Gasteiger partial charge in [-0.1, -0.05) is 6.92 Å². The second-order valence-corrected chi connectivity index (χ2v) is 13.0. The van der Waals surface area contributed by atoms with E-state index in [0.717, 1.165) is 13.8 Å². The summed E-state index contributed by atoms with van der Waals surface area (Å²) in [5.74, 6) is -2.60. The van der Waals surface area contributed by atoms with Crippen molar-refractivity contribution in [2.75, 3.05) is 47.8 Å². The Hall–Kier alpha value is -2.37. The highest BCUT2D eigenvalue weighted by atomic mass is 32.4. The van der Waals surface area contributed by atoms with Gasteiger partial charge >= 0.3 is 25.1 Å². The monoisotopic (exact) mass is 713 g/mol. The van der Waals surface area contributed by atoms with Crippen LogP contribution in [0.1, 0.15) is 60.3 Å². The number of hydrogen-bond acceptors (Lipinski definition) is 15. The Balaban J connectivity index is 2.94. The summed E-state index contributed by atoms with van der Waals surface area (Å²) in [6.45, 7) is 7.15. The smallest absolute Gasteiger partial charge is 0.463 e. The van der Waals surface area contributed by atoms with E-state index in [1.54, 1.807) is 7.11 Å². The summed E-state index contributed by atoms with van der Waals surface area (Å²) in [5.41, 5.74) is 0. The van der Waals surface area contributed by atoms with Crippen molar-refractivity contribution in [2.45, 2.75) is 103 Å². The minimum Gasteiger partial charge on any atom is -0.463 e. The SMILES string of the molecule is COC[C@H](C)CC(NC(=O)CCCCO[C@@H]1O[C@H](COC(C)=O)[C@H](OC(C)=O)[C@H](OC(C)=O)[C@H]1NC(C)=O)[C@H](CO[P+](=S)OC)OC. The lowest BCUT2D eigenvalue weighted by atomic mass is 9.96. The molecule has 2 amide bonds. The van der Waals surface area contributed by atoms with Gasteiger partial charge in [0, 0.05) is 61.5 Å². The largest absolute Gasteiger partial charge is 0.521 e. The molecule has 0 radical (unpaired) electrons. The van der Waals surface area contributed by atoms with Gasteiger partial charge in [0.2, 0.25) is 23.6 Å². The topological polar surface area (TPSA) is 192 Å². The predicted octanol–water partition coefficient (Wildman–Crippen LogP) is 1.44. The van der Waals surface area contributed by atoms with Crippen LogP contribution in [0.4, 0.5) is 0 Å². The van der Waals surface area contributed by atoms with Crippen molar-refractivity contribution in [3.8, 4) is 0 Å². The number of rotatable bonds is 22. The lowest BCUT2D eigenvalue weighted by Crippen LogP contribution is -2.66. The van der Waals surface area contributed by atoms with Crippen molar-refractivity contribution in [1.29, 1.82) is 0 Å². The second-order valence-electron chi connectivity index (χ2n) is 11.0. The lowest BCUT2D eigenvalue weighted by Gasteiger charge is -2.44. The molecule has 1 aliphatic rings. The van der Waals surface area contributed by atoms with E-state index in [-0.39, 0.29) is 44.1 Å². The van der Waals surface area contributed by atoms with Gasteiger partial charge in [-0.3, -0.25) is 24.0 Å². The Morgan fingerprint density at radius 3 is 2.13 bits per heavy atom. The highest BCUT2D eigenvalue weighted by molar-refractivity contribution is 8.00. The quantitative estimate of drug-likeness (QED) is 0.0708. The van der Waals surface area contributed by atoms with Crippen molar-refractivity contribution < 1.29 is 66.2 Å². The molecule has 0 aromatic rings. The maximum atomic E-state index is 13.0. The molecule has 18 heteroatoms. The maximum absolute atomic E-state index is 13.0. The lowest BCUT2D eigenvalue weighted by molar-refractivity contribution is -0.277. The third kappa shape index (κ3) is 17.0. The molecule has 0 aromatic heterocycles. The predicted molar refractivity (Wildman–Crippen MR) is 169 cm³/mol. The molecule has 47 heavy (non-hydrogen) atoms. The maximum Gasteiger partial charge on any atom is 0.521 e. The van der Waals surface area contributed by atoms with E-state index in [9.17, 15) is 24.0 Å². The zero-order chi connectivity index (χ0) is 35.5. The first-order valence-corrected chi connectivity index (χ1v) is 17.4. The number of hydrogen-bond donors (Lipinski definition) is 2. The van der Waals surface area contributed by atoms with Gasteiger partial charge < -0.3 is 43.8 Å². The van der Waals surface area contributed by atoms with Crippen molar-refractivity contribution >= 4 is 48.7 Å². The number of carbonyl (C=O) groups is 5. The Bertz CT molecular complexity index is 1040. The van der Waals surface area contributed by atoms with Crippen LogP contribution in [0.15, 0.2) is 0 Å². The third-order valence-corrected chi connectivity index (χ3v) is 8.27.